The highest BCUT2D eigenvalue weighted by atomic mass is 19.1. The topological polar surface area (TPSA) is 55.8 Å². The van der Waals surface area contributed by atoms with Crippen molar-refractivity contribution >= 4 is 17.6 Å². The number of nitrogens with zero attached hydrogens (tertiary/aromatic N) is 1. The minimum atomic E-state index is -0.607. The van der Waals surface area contributed by atoms with E-state index in [1.54, 1.807) is 43.3 Å². The van der Waals surface area contributed by atoms with Crippen LogP contribution in [0.25, 0.3) is 0 Å². The minimum absolute atomic E-state index is 0.0151. The molecule has 0 saturated heterocycles. The first kappa shape index (κ1) is 17.0. The number of hydrogen-bond donors (Lipinski definition) is 0. The molecule has 130 valence electrons. The van der Waals surface area contributed by atoms with E-state index in [9.17, 15) is 14.0 Å². The Morgan fingerprint density at radius 3 is 2.72 bits per heavy atom. The molecule has 25 heavy (non-hydrogen) atoms. The van der Waals surface area contributed by atoms with E-state index in [0.29, 0.717) is 17.0 Å². The monoisotopic (exact) mass is 343 g/mol. The third-order valence-corrected chi connectivity index (χ3v) is 3.96. The fourth-order valence-electron chi connectivity index (χ4n) is 2.64. The molecule has 1 amide bonds. The quantitative estimate of drug-likeness (QED) is 0.783. The number of esters is 1. The maximum Gasteiger partial charge on any atom is 0.307 e. The molecule has 5 nitrogen and oxygen atoms in total. The minimum Gasteiger partial charge on any atom is -0.479 e. The van der Waals surface area contributed by atoms with Crippen LogP contribution in [0.3, 0.4) is 0 Å². The lowest BCUT2D eigenvalue weighted by atomic mass is 10.2. The highest BCUT2D eigenvalue weighted by Crippen LogP contribution is 2.33. The van der Waals surface area contributed by atoms with Crippen LogP contribution >= 0.6 is 0 Å². The fourth-order valence-corrected chi connectivity index (χ4v) is 2.64. The molecular formula is C19H18FNO4. The number of ether oxygens (including phenoxy) is 2. The van der Waals surface area contributed by atoms with Crippen molar-refractivity contribution in [3.8, 4) is 5.75 Å². The van der Waals surface area contributed by atoms with Crippen molar-refractivity contribution in [2.75, 3.05) is 11.4 Å². The maximum absolute atomic E-state index is 13.5. The molecular weight excluding hydrogens is 325 g/mol. The standard InChI is InChI=1S/C19H18FNO4/c1-13-19(23)21(16-8-4-5-9-17(16)25-13)11-10-18(22)24-12-14-6-2-3-7-15(14)20/h2-9,13H,10-12H2,1H3/t13-/m0/s1. The van der Waals surface area contributed by atoms with Crippen LogP contribution in [0.1, 0.15) is 18.9 Å². The molecule has 0 fully saturated rings. The first-order valence-electron chi connectivity index (χ1n) is 8.02. The van der Waals surface area contributed by atoms with E-state index in [0.717, 1.165) is 0 Å². The Balaban J connectivity index is 1.60. The van der Waals surface area contributed by atoms with Crippen molar-refractivity contribution in [2.45, 2.75) is 26.1 Å². The summed E-state index contributed by atoms with van der Waals surface area (Å²) in [4.78, 5) is 25.8. The zero-order valence-corrected chi connectivity index (χ0v) is 13.8. The summed E-state index contributed by atoms with van der Waals surface area (Å²) in [6, 6.07) is 13.3. The van der Waals surface area contributed by atoms with Crippen LogP contribution < -0.4 is 9.64 Å². The summed E-state index contributed by atoms with van der Waals surface area (Å²) in [6.45, 7) is 1.72. The number of halogens is 1. The second-order valence-electron chi connectivity index (χ2n) is 5.72. The number of para-hydroxylation sites is 2. The van der Waals surface area contributed by atoms with Gasteiger partial charge in [0, 0.05) is 12.1 Å². The van der Waals surface area contributed by atoms with Crippen molar-refractivity contribution in [3.63, 3.8) is 0 Å². The van der Waals surface area contributed by atoms with Gasteiger partial charge in [0.05, 0.1) is 12.1 Å². The van der Waals surface area contributed by atoms with Crippen molar-refractivity contribution in [2.24, 2.45) is 0 Å². The van der Waals surface area contributed by atoms with Crippen LogP contribution in [0.5, 0.6) is 5.75 Å². The molecule has 0 aromatic heterocycles. The molecule has 1 aliphatic rings. The first-order chi connectivity index (χ1) is 12.1. The predicted octanol–water partition coefficient (Wildman–Crippen LogP) is 3.07. The van der Waals surface area contributed by atoms with Crippen LogP contribution in [0.15, 0.2) is 48.5 Å². The van der Waals surface area contributed by atoms with Crippen molar-refractivity contribution in [1.82, 2.24) is 0 Å². The molecule has 6 heteroatoms. The van der Waals surface area contributed by atoms with Gasteiger partial charge in [0.15, 0.2) is 6.10 Å². The Labute approximate surface area is 145 Å². The molecule has 0 spiro atoms. The number of carbonyl (C=O) groups excluding carboxylic acids is 2. The van der Waals surface area contributed by atoms with Gasteiger partial charge in [-0.2, -0.15) is 0 Å². The van der Waals surface area contributed by atoms with Gasteiger partial charge in [0.2, 0.25) is 0 Å². The van der Waals surface area contributed by atoms with Crippen molar-refractivity contribution < 1.29 is 23.5 Å². The summed E-state index contributed by atoms with van der Waals surface area (Å²) >= 11 is 0. The Bertz CT molecular complexity index is 792. The van der Waals surface area contributed by atoms with Crippen molar-refractivity contribution in [3.05, 3.63) is 59.9 Å². The summed E-state index contributed by atoms with van der Waals surface area (Å²) in [6.07, 6.45) is -0.592. The number of amides is 1. The normalized spacial score (nSPS) is 16.2. The van der Waals surface area contributed by atoms with Gasteiger partial charge in [0.25, 0.3) is 5.91 Å². The highest BCUT2D eigenvalue weighted by molar-refractivity contribution is 6.00. The average molecular weight is 343 g/mol. The van der Waals surface area contributed by atoms with Gasteiger partial charge in [0.1, 0.15) is 18.2 Å². The molecule has 2 aromatic carbocycles. The molecule has 0 saturated carbocycles. The van der Waals surface area contributed by atoms with Crippen LogP contribution in [0.2, 0.25) is 0 Å². The van der Waals surface area contributed by atoms with Crippen LogP contribution in [0.4, 0.5) is 10.1 Å². The number of hydrogen-bond acceptors (Lipinski definition) is 4. The van der Waals surface area contributed by atoms with E-state index in [1.807, 2.05) is 6.07 Å². The zero-order chi connectivity index (χ0) is 17.8. The van der Waals surface area contributed by atoms with E-state index < -0.39 is 17.9 Å². The largest absolute Gasteiger partial charge is 0.479 e. The molecule has 0 aliphatic carbocycles. The smallest absolute Gasteiger partial charge is 0.307 e. The van der Waals surface area contributed by atoms with Gasteiger partial charge in [-0.15, -0.1) is 0 Å². The van der Waals surface area contributed by atoms with Crippen LogP contribution in [-0.2, 0) is 20.9 Å². The fraction of sp³-hybridized carbons (Fsp3) is 0.263. The molecule has 1 aliphatic heterocycles. The third kappa shape index (κ3) is 3.79. The van der Waals surface area contributed by atoms with Gasteiger partial charge in [-0.05, 0) is 25.1 Å². The predicted molar refractivity (Wildman–Crippen MR) is 89.7 cm³/mol. The molecule has 2 aromatic rings. The molecule has 0 N–H and O–H groups in total. The number of carbonyl (C=O) groups is 2. The van der Waals surface area contributed by atoms with Gasteiger partial charge >= 0.3 is 5.97 Å². The van der Waals surface area contributed by atoms with Crippen LogP contribution in [0, 0.1) is 5.82 Å². The molecule has 0 radical (unpaired) electrons. The molecule has 3 rings (SSSR count). The number of anilines is 1. The lowest BCUT2D eigenvalue weighted by molar-refractivity contribution is -0.144. The number of benzene rings is 2. The molecule has 1 atom stereocenters. The lowest BCUT2D eigenvalue weighted by Gasteiger charge is -2.32. The third-order valence-electron chi connectivity index (χ3n) is 3.96. The molecule has 0 unspecified atom stereocenters. The van der Waals surface area contributed by atoms with Gasteiger partial charge in [-0.1, -0.05) is 30.3 Å². The summed E-state index contributed by atoms with van der Waals surface area (Å²) in [5, 5.41) is 0. The molecule has 1 heterocycles. The van der Waals surface area contributed by atoms with E-state index in [2.05, 4.69) is 0 Å². The summed E-state index contributed by atoms with van der Waals surface area (Å²) < 4.78 is 24.2. The van der Waals surface area contributed by atoms with Crippen molar-refractivity contribution in [1.29, 1.82) is 0 Å². The first-order valence-corrected chi connectivity index (χ1v) is 8.02. The van der Waals surface area contributed by atoms with Gasteiger partial charge in [-0.3, -0.25) is 9.59 Å². The summed E-state index contributed by atoms with van der Waals surface area (Å²) in [5.41, 5.74) is 0.949. The number of fused-ring (bicyclic) bond motifs is 1. The Hall–Kier alpha value is -2.89. The average Bonchev–Trinajstić information content (AvgIpc) is 2.61. The Kier molecular flexibility index (Phi) is 4.97. The number of rotatable bonds is 5. The summed E-state index contributed by atoms with van der Waals surface area (Å²) in [5.74, 6) is -0.510. The molecule has 0 bridgehead atoms. The highest BCUT2D eigenvalue weighted by Gasteiger charge is 2.31. The maximum atomic E-state index is 13.5. The SMILES string of the molecule is C[C@@H]1Oc2ccccc2N(CCC(=O)OCc2ccccc2F)C1=O. The zero-order valence-electron chi connectivity index (χ0n) is 13.8. The Morgan fingerprint density at radius 2 is 1.92 bits per heavy atom. The van der Waals surface area contributed by atoms with Gasteiger partial charge in [-0.25, -0.2) is 4.39 Å². The second kappa shape index (κ2) is 7.34. The van der Waals surface area contributed by atoms with E-state index in [4.69, 9.17) is 9.47 Å². The van der Waals surface area contributed by atoms with E-state index >= 15 is 0 Å². The van der Waals surface area contributed by atoms with Gasteiger partial charge < -0.3 is 14.4 Å². The lowest BCUT2D eigenvalue weighted by Crippen LogP contribution is -2.45. The van der Waals surface area contributed by atoms with E-state index in [-0.39, 0.29) is 25.5 Å². The summed E-state index contributed by atoms with van der Waals surface area (Å²) in [7, 11) is 0. The Morgan fingerprint density at radius 1 is 1.20 bits per heavy atom. The van der Waals surface area contributed by atoms with Crippen LogP contribution in [-0.4, -0.2) is 24.5 Å². The second-order valence-corrected chi connectivity index (χ2v) is 5.72. The van der Waals surface area contributed by atoms with E-state index in [1.165, 1.54) is 11.0 Å².